The first kappa shape index (κ1) is 12.6. The standard InChI is InChI=1S/C12H16FNO2/c1-2-7-16-12(15)8-11(14)9-5-3-4-6-10(9)13/h3-6,11H,2,7-8,14H2,1H3. The molecule has 0 saturated heterocycles. The summed E-state index contributed by atoms with van der Waals surface area (Å²) in [4.78, 5) is 11.3. The minimum Gasteiger partial charge on any atom is -0.466 e. The van der Waals surface area contributed by atoms with Crippen LogP contribution < -0.4 is 5.73 Å². The molecule has 2 N–H and O–H groups in total. The first-order valence-electron chi connectivity index (χ1n) is 5.30. The number of hydrogen-bond acceptors (Lipinski definition) is 3. The Kier molecular flexibility index (Phi) is 4.92. The number of carbonyl (C=O) groups is 1. The highest BCUT2D eigenvalue weighted by Gasteiger charge is 2.15. The van der Waals surface area contributed by atoms with Gasteiger partial charge in [0.15, 0.2) is 0 Å². The lowest BCUT2D eigenvalue weighted by atomic mass is 10.0. The Balaban J connectivity index is 2.55. The summed E-state index contributed by atoms with van der Waals surface area (Å²) in [6, 6.07) is 5.53. The number of ether oxygens (including phenoxy) is 1. The average molecular weight is 225 g/mol. The molecule has 0 saturated carbocycles. The van der Waals surface area contributed by atoms with Crippen molar-refractivity contribution in [2.24, 2.45) is 5.73 Å². The molecule has 0 aliphatic carbocycles. The Morgan fingerprint density at radius 2 is 2.19 bits per heavy atom. The highest BCUT2D eigenvalue weighted by Crippen LogP contribution is 2.17. The molecule has 1 atom stereocenters. The van der Waals surface area contributed by atoms with E-state index >= 15 is 0 Å². The van der Waals surface area contributed by atoms with Gasteiger partial charge >= 0.3 is 5.97 Å². The number of halogens is 1. The van der Waals surface area contributed by atoms with Crippen LogP contribution in [0.5, 0.6) is 0 Å². The summed E-state index contributed by atoms with van der Waals surface area (Å²) in [5, 5.41) is 0. The Morgan fingerprint density at radius 3 is 2.81 bits per heavy atom. The van der Waals surface area contributed by atoms with Gasteiger partial charge in [-0.05, 0) is 12.5 Å². The van der Waals surface area contributed by atoms with Crippen LogP contribution in [0.15, 0.2) is 24.3 Å². The first-order chi connectivity index (χ1) is 7.65. The molecule has 16 heavy (non-hydrogen) atoms. The van der Waals surface area contributed by atoms with Gasteiger partial charge < -0.3 is 10.5 Å². The van der Waals surface area contributed by atoms with Gasteiger partial charge in [0.1, 0.15) is 5.82 Å². The number of benzene rings is 1. The zero-order valence-electron chi connectivity index (χ0n) is 9.28. The van der Waals surface area contributed by atoms with Crippen LogP contribution in [0.4, 0.5) is 4.39 Å². The molecule has 1 unspecified atom stereocenters. The highest BCUT2D eigenvalue weighted by atomic mass is 19.1. The third-order valence-corrected chi connectivity index (χ3v) is 2.16. The van der Waals surface area contributed by atoms with Crippen LogP contribution in [0.3, 0.4) is 0 Å². The molecule has 0 spiro atoms. The van der Waals surface area contributed by atoms with E-state index in [4.69, 9.17) is 10.5 Å². The topological polar surface area (TPSA) is 52.3 Å². The lowest BCUT2D eigenvalue weighted by Crippen LogP contribution is -2.18. The van der Waals surface area contributed by atoms with Gasteiger partial charge in [0, 0.05) is 11.6 Å². The van der Waals surface area contributed by atoms with Crippen molar-refractivity contribution in [2.75, 3.05) is 6.61 Å². The van der Waals surface area contributed by atoms with Gasteiger partial charge in [-0.15, -0.1) is 0 Å². The molecule has 1 aromatic carbocycles. The lowest BCUT2D eigenvalue weighted by Gasteiger charge is -2.12. The fourth-order valence-corrected chi connectivity index (χ4v) is 1.34. The van der Waals surface area contributed by atoms with Crippen LogP contribution in [0.1, 0.15) is 31.4 Å². The van der Waals surface area contributed by atoms with Crippen molar-refractivity contribution in [1.29, 1.82) is 0 Å². The Morgan fingerprint density at radius 1 is 1.50 bits per heavy atom. The Labute approximate surface area is 94.4 Å². The SMILES string of the molecule is CCCOC(=O)CC(N)c1ccccc1F. The van der Waals surface area contributed by atoms with Crippen LogP contribution in [-0.4, -0.2) is 12.6 Å². The quantitative estimate of drug-likeness (QED) is 0.781. The molecule has 0 bridgehead atoms. The van der Waals surface area contributed by atoms with Gasteiger partial charge in [-0.3, -0.25) is 4.79 Å². The predicted octanol–water partition coefficient (Wildman–Crippen LogP) is 2.17. The third-order valence-electron chi connectivity index (χ3n) is 2.16. The minimum atomic E-state index is -0.648. The predicted molar refractivity (Wildman–Crippen MR) is 59.2 cm³/mol. The number of hydrogen-bond donors (Lipinski definition) is 1. The fourth-order valence-electron chi connectivity index (χ4n) is 1.34. The van der Waals surface area contributed by atoms with Gasteiger partial charge in [0.05, 0.1) is 13.0 Å². The Bertz CT molecular complexity index is 355. The molecular formula is C12H16FNO2. The molecule has 0 aliphatic rings. The van der Waals surface area contributed by atoms with Crippen molar-refractivity contribution in [1.82, 2.24) is 0 Å². The summed E-state index contributed by atoms with van der Waals surface area (Å²) < 4.78 is 18.2. The minimum absolute atomic E-state index is 0.000926. The summed E-state index contributed by atoms with van der Waals surface area (Å²) in [7, 11) is 0. The van der Waals surface area contributed by atoms with E-state index in [2.05, 4.69) is 0 Å². The van der Waals surface area contributed by atoms with Crippen molar-refractivity contribution in [2.45, 2.75) is 25.8 Å². The second kappa shape index (κ2) is 6.23. The van der Waals surface area contributed by atoms with Crippen LogP contribution in [0.2, 0.25) is 0 Å². The number of esters is 1. The molecule has 0 heterocycles. The fraction of sp³-hybridized carbons (Fsp3) is 0.417. The largest absolute Gasteiger partial charge is 0.466 e. The smallest absolute Gasteiger partial charge is 0.307 e. The summed E-state index contributed by atoms with van der Waals surface area (Å²) in [6.07, 6.45) is 0.765. The summed E-state index contributed by atoms with van der Waals surface area (Å²) >= 11 is 0. The number of rotatable bonds is 5. The zero-order chi connectivity index (χ0) is 12.0. The summed E-state index contributed by atoms with van der Waals surface area (Å²) in [5.41, 5.74) is 6.07. The summed E-state index contributed by atoms with van der Waals surface area (Å²) in [5.74, 6) is -0.782. The van der Waals surface area contributed by atoms with E-state index < -0.39 is 17.8 Å². The van der Waals surface area contributed by atoms with Crippen molar-refractivity contribution < 1.29 is 13.9 Å². The van der Waals surface area contributed by atoms with Gasteiger partial charge in [0.2, 0.25) is 0 Å². The van der Waals surface area contributed by atoms with Gasteiger partial charge in [0.25, 0.3) is 0 Å². The first-order valence-corrected chi connectivity index (χ1v) is 5.30. The number of nitrogens with two attached hydrogens (primary N) is 1. The van der Waals surface area contributed by atoms with Gasteiger partial charge in [-0.25, -0.2) is 4.39 Å². The van der Waals surface area contributed by atoms with E-state index in [0.29, 0.717) is 12.2 Å². The lowest BCUT2D eigenvalue weighted by molar-refractivity contribution is -0.144. The van der Waals surface area contributed by atoms with Crippen molar-refractivity contribution in [3.8, 4) is 0 Å². The average Bonchev–Trinajstić information content (AvgIpc) is 2.26. The molecule has 0 aliphatic heterocycles. The molecule has 88 valence electrons. The summed E-state index contributed by atoms with van der Waals surface area (Å²) in [6.45, 7) is 2.28. The molecule has 0 fully saturated rings. The molecule has 0 amide bonds. The normalized spacial score (nSPS) is 12.2. The van der Waals surface area contributed by atoms with Crippen molar-refractivity contribution in [3.63, 3.8) is 0 Å². The van der Waals surface area contributed by atoms with Crippen LogP contribution >= 0.6 is 0 Å². The van der Waals surface area contributed by atoms with Crippen LogP contribution in [0.25, 0.3) is 0 Å². The van der Waals surface area contributed by atoms with E-state index in [9.17, 15) is 9.18 Å². The molecular weight excluding hydrogens is 209 g/mol. The van der Waals surface area contributed by atoms with Crippen molar-refractivity contribution in [3.05, 3.63) is 35.6 Å². The molecule has 0 radical (unpaired) electrons. The third kappa shape index (κ3) is 3.62. The molecule has 1 aromatic rings. The highest BCUT2D eigenvalue weighted by molar-refractivity contribution is 5.70. The maximum atomic E-state index is 13.3. The van der Waals surface area contributed by atoms with Crippen LogP contribution in [0, 0.1) is 5.82 Å². The van der Waals surface area contributed by atoms with E-state index in [1.165, 1.54) is 6.07 Å². The maximum absolute atomic E-state index is 13.3. The second-order valence-electron chi connectivity index (χ2n) is 3.55. The van der Waals surface area contributed by atoms with Gasteiger partial charge in [-0.2, -0.15) is 0 Å². The zero-order valence-corrected chi connectivity index (χ0v) is 9.28. The molecule has 4 heteroatoms. The molecule has 1 rings (SSSR count). The Hall–Kier alpha value is -1.42. The van der Waals surface area contributed by atoms with E-state index in [-0.39, 0.29) is 6.42 Å². The maximum Gasteiger partial charge on any atom is 0.307 e. The second-order valence-corrected chi connectivity index (χ2v) is 3.55. The van der Waals surface area contributed by atoms with E-state index in [0.717, 1.165) is 6.42 Å². The van der Waals surface area contributed by atoms with Crippen molar-refractivity contribution >= 4 is 5.97 Å². The van der Waals surface area contributed by atoms with Gasteiger partial charge in [-0.1, -0.05) is 25.1 Å². The van der Waals surface area contributed by atoms with Crippen LogP contribution in [-0.2, 0) is 9.53 Å². The number of carbonyl (C=O) groups excluding carboxylic acids is 1. The monoisotopic (exact) mass is 225 g/mol. The van der Waals surface area contributed by atoms with E-state index in [1.807, 2.05) is 6.92 Å². The molecule has 0 aromatic heterocycles. The van der Waals surface area contributed by atoms with E-state index in [1.54, 1.807) is 18.2 Å². The molecule has 3 nitrogen and oxygen atoms in total.